The van der Waals surface area contributed by atoms with Crippen molar-refractivity contribution in [2.75, 3.05) is 13.2 Å². The Morgan fingerprint density at radius 2 is 1.93 bits per heavy atom. The van der Waals surface area contributed by atoms with Crippen molar-refractivity contribution in [3.05, 3.63) is 11.1 Å². The topological polar surface area (TPSA) is 35.5 Å². The predicted octanol–water partition coefficient (Wildman–Crippen LogP) is 2.06. The molecule has 0 spiro atoms. The molecule has 0 amide bonds. The number of aldehydes is 1. The van der Waals surface area contributed by atoms with Gasteiger partial charge in [0.05, 0.1) is 13.2 Å². The zero-order chi connectivity index (χ0) is 10.6. The van der Waals surface area contributed by atoms with Gasteiger partial charge in [0.1, 0.15) is 6.29 Å². The number of ether oxygens (including phenoxy) is 2. The zero-order valence-electron chi connectivity index (χ0n) is 9.13. The molecule has 1 aliphatic heterocycles. The third kappa shape index (κ3) is 2.93. The maximum atomic E-state index is 10.7. The van der Waals surface area contributed by atoms with Crippen LogP contribution in [0.1, 0.15) is 33.6 Å². The van der Waals surface area contributed by atoms with Gasteiger partial charge in [-0.05, 0) is 32.8 Å². The normalized spacial score (nSPS) is 19.4. The molecule has 0 aromatic rings. The fraction of sp³-hybridized carbons (Fsp3) is 0.727. The van der Waals surface area contributed by atoms with Crippen LogP contribution in [-0.2, 0) is 14.3 Å². The lowest BCUT2D eigenvalue weighted by atomic mass is 10.0. The second-order valence-electron chi connectivity index (χ2n) is 3.97. The minimum atomic E-state index is -0.482. The molecule has 1 aliphatic rings. The van der Waals surface area contributed by atoms with Crippen LogP contribution in [0.2, 0.25) is 0 Å². The summed E-state index contributed by atoms with van der Waals surface area (Å²) in [4.78, 5) is 10.7. The average molecular weight is 198 g/mol. The molecule has 14 heavy (non-hydrogen) atoms. The molecule has 3 heteroatoms. The van der Waals surface area contributed by atoms with Gasteiger partial charge in [0.2, 0.25) is 0 Å². The van der Waals surface area contributed by atoms with Crippen molar-refractivity contribution >= 4 is 6.29 Å². The van der Waals surface area contributed by atoms with Gasteiger partial charge in [-0.1, -0.05) is 5.57 Å². The van der Waals surface area contributed by atoms with E-state index < -0.39 is 5.79 Å². The molecule has 0 aromatic carbocycles. The molecular formula is C11H18O3. The number of hydrogen-bond acceptors (Lipinski definition) is 3. The number of carbonyl (C=O) groups excluding carboxylic acids is 1. The van der Waals surface area contributed by atoms with E-state index in [1.54, 1.807) is 0 Å². The molecule has 3 nitrogen and oxygen atoms in total. The first kappa shape index (κ1) is 11.4. The van der Waals surface area contributed by atoms with Crippen molar-refractivity contribution < 1.29 is 14.3 Å². The standard InChI is InChI=1S/C11H18O3/c1-9(2)10(8-12)4-5-11(3)13-6-7-14-11/h8H,4-7H2,1-3H3. The van der Waals surface area contributed by atoms with Gasteiger partial charge in [0.15, 0.2) is 5.79 Å². The first-order valence-corrected chi connectivity index (χ1v) is 4.97. The molecule has 0 radical (unpaired) electrons. The largest absolute Gasteiger partial charge is 0.348 e. The van der Waals surface area contributed by atoms with Gasteiger partial charge in [-0.25, -0.2) is 0 Å². The predicted molar refractivity (Wildman–Crippen MR) is 54.0 cm³/mol. The van der Waals surface area contributed by atoms with Crippen LogP contribution in [0.4, 0.5) is 0 Å². The zero-order valence-corrected chi connectivity index (χ0v) is 9.13. The maximum Gasteiger partial charge on any atom is 0.166 e. The quantitative estimate of drug-likeness (QED) is 0.512. The van der Waals surface area contributed by atoms with Crippen LogP contribution in [0.15, 0.2) is 11.1 Å². The Morgan fingerprint density at radius 1 is 1.36 bits per heavy atom. The van der Waals surface area contributed by atoms with E-state index in [4.69, 9.17) is 9.47 Å². The molecule has 1 fully saturated rings. The highest BCUT2D eigenvalue weighted by Crippen LogP contribution is 2.26. The van der Waals surface area contributed by atoms with Gasteiger partial charge < -0.3 is 9.47 Å². The summed E-state index contributed by atoms with van der Waals surface area (Å²) < 4.78 is 10.9. The van der Waals surface area contributed by atoms with Gasteiger partial charge in [-0.2, -0.15) is 0 Å². The van der Waals surface area contributed by atoms with E-state index in [0.29, 0.717) is 13.2 Å². The highest BCUT2D eigenvalue weighted by Gasteiger charge is 2.30. The molecule has 1 saturated heterocycles. The first-order chi connectivity index (χ1) is 6.57. The summed E-state index contributed by atoms with van der Waals surface area (Å²) in [6.07, 6.45) is 2.39. The minimum Gasteiger partial charge on any atom is -0.348 e. The molecule has 0 N–H and O–H groups in total. The van der Waals surface area contributed by atoms with E-state index in [9.17, 15) is 4.79 Å². The summed E-state index contributed by atoms with van der Waals surface area (Å²) >= 11 is 0. The van der Waals surface area contributed by atoms with Crippen LogP contribution < -0.4 is 0 Å². The summed E-state index contributed by atoms with van der Waals surface area (Å²) in [7, 11) is 0. The summed E-state index contributed by atoms with van der Waals surface area (Å²) in [6.45, 7) is 7.13. The highest BCUT2D eigenvalue weighted by molar-refractivity contribution is 5.74. The van der Waals surface area contributed by atoms with E-state index in [1.165, 1.54) is 0 Å². The number of allylic oxidation sites excluding steroid dienone is 2. The Hall–Kier alpha value is -0.670. The fourth-order valence-corrected chi connectivity index (χ4v) is 1.49. The maximum absolute atomic E-state index is 10.7. The molecule has 1 heterocycles. The van der Waals surface area contributed by atoms with Crippen LogP contribution in [0, 0.1) is 0 Å². The minimum absolute atomic E-state index is 0.482. The Balaban J connectivity index is 2.46. The molecule has 0 unspecified atom stereocenters. The van der Waals surface area contributed by atoms with E-state index in [1.807, 2.05) is 20.8 Å². The molecule has 1 rings (SSSR count). The SMILES string of the molecule is CC(C)=C(C=O)CCC1(C)OCCO1. The lowest BCUT2D eigenvalue weighted by Gasteiger charge is -2.22. The van der Waals surface area contributed by atoms with Crippen molar-refractivity contribution in [2.24, 2.45) is 0 Å². The monoisotopic (exact) mass is 198 g/mol. The third-order valence-electron chi connectivity index (χ3n) is 2.53. The molecule has 0 aliphatic carbocycles. The highest BCUT2D eigenvalue weighted by atomic mass is 16.7. The van der Waals surface area contributed by atoms with Gasteiger partial charge in [-0.15, -0.1) is 0 Å². The van der Waals surface area contributed by atoms with E-state index in [2.05, 4.69) is 0 Å². The molecule has 0 atom stereocenters. The average Bonchev–Trinajstić information content (AvgIpc) is 2.53. The molecular weight excluding hydrogens is 180 g/mol. The van der Waals surface area contributed by atoms with Crippen LogP contribution in [0.3, 0.4) is 0 Å². The Morgan fingerprint density at radius 3 is 2.36 bits per heavy atom. The summed E-state index contributed by atoms with van der Waals surface area (Å²) in [6, 6.07) is 0. The van der Waals surface area contributed by atoms with Crippen molar-refractivity contribution in [3.63, 3.8) is 0 Å². The molecule has 80 valence electrons. The molecule has 0 aromatic heterocycles. The summed E-state index contributed by atoms with van der Waals surface area (Å²) in [5.74, 6) is -0.482. The summed E-state index contributed by atoms with van der Waals surface area (Å²) in [5.41, 5.74) is 1.92. The first-order valence-electron chi connectivity index (χ1n) is 4.97. The number of rotatable bonds is 4. The van der Waals surface area contributed by atoms with Crippen molar-refractivity contribution in [2.45, 2.75) is 39.4 Å². The van der Waals surface area contributed by atoms with Crippen LogP contribution in [0.25, 0.3) is 0 Å². The van der Waals surface area contributed by atoms with Crippen LogP contribution in [0.5, 0.6) is 0 Å². The van der Waals surface area contributed by atoms with Crippen molar-refractivity contribution in [1.29, 1.82) is 0 Å². The van der Waals surface area contributed by atoms with Crippen LogP contribution >= 0.6 is 0 Å². The van der Waals surface area contributed by atoms with Gasteiger partial charge >= 0.3 is 0 Å². The Labute approximate surface area is 85.1 Å². The van der Waals surface area contributed by atoms with Crippen molar-refractivity contribution in [1.82, 2.24) is 0 Å². The van der Waals surface area contributed by atoms with Gasteiger partial charge in [0, 0.05) is 6.42 Å². The number of carbonyl (C=O) groups is 1. The Bertz CT molecular complexity index is 233. The van der Waals surface area contributed by atoms with Crippen molar-refractivity contribution in [3.8, 4) is 0 Å². The smallest absolute Gasteiger partial charge is 0.166 e. The van der Waals surface area contributed by atoms with Gasteiger partial charge in [-0.3, -0.25) is 4.79 Å². The van der Waals surface area contributed by atoms with E-state index in [0.717, 1.165) is 30.3 Å². The molecule has 0 bridgehead atoms. The van der Waals surface area contributed by atoms with E-state index >= 15 is 0 Å². The third-order valence-corrected chi connectivity index (χ3v) is 2.53. The van der Waals surface area contributed by atoms with Gasteiger partial charge in [0.25, 0.3) is 0 Å². The molecule has 0 saturated carbocycles. The summed E-state index contributed by atoms with van der Waals surface area (Å²) in [5, 5.41) is 0. The van der Waals surface area contributed by atoms with E-state index in [-0.39, 0.29) is 0 Å². The number of hydrogen-bond donors (Lipinski definition) is 0. The van der Waals surface area contributed by atoms with Crippen LogP contribution in [-0.4, -0.2) is 25.3 Å². The second kappa shape index (κ2) is 4.71. The Kier molecular flexibility index (Phi) is 3.84. The lowest BCUT2D eigenvalue weighted by Crippen LogP contribution is -2.25. The second-order valence-corrected chi connectivity index (χ2v) is 3.97. The fourth-order valence-electron chi connectivity index (χ4n) is 1.49. The lowest BCUT2D eigenvalue weighted by molar-refractivity contribution is -0.146.